The highest BCUT2D eigenvalue weighted by Gasteiger charge is 2.14. The van der Waals surface area contributed by atoms with Crippen LogP contribution in [0.5, 0.6) is 0 Å². The first-order valence-corrected chi connectivity index (χ1v) is 8.91. The summed E-state index contributed by atoms with van der Waals surface area (Å²) in [5.74, 6) is 1.17. The minimum absolute atomic E-state index is 0.0629. The van der Waals surface area contributed by atoms with Crippen LogP contribution in [0, 0.1) is 0 Å². The highest BCUT2D eigenvalue weighted by molar-refractivity contribution is 6.11. The number of hydrogen-bond donors (Lipinski definition) is 0. The maximum Gasteiger partial charge on any atom is 0.186 e. The molecule has 0 saturated carbocycles. The lowest BCUT2D eigenvalue weighted by molar-refractivity contribution is 0.581. The Morgan fingerprint density at radius 2 is 1.11 bits per heavy atom. The quantitative estimate of drug-likeness (QED) is 0.351. The molecule has 0 saturated heterocycles. The molecule has 1 heterocycles. The molecule has 0 bridgehead atoms. The van der Waals surface area contributed by atoms with Crippen LogP contribution in [0.4, 0.5) is 0 Å². The normalized spacial score (nSPS) is 11.1. The second-order valence-corrected chi connectivity index (χ2v) is 6.58. The monoisotopic (exact) mass is 348 g/mol. The Hall–Kier alpha value is -3.65. The zero-order valence-corrected chi connectivity index (χ0v) is 14.6. The van der Waals surface area contributed by atoms with Crippen LogP contribution in [-0.2, 0) is 0 Å². The predicted octanol–water partition coefficient (Wildman–Crippen LogP) is 6.28. The summed E-state index contributed by atoms with van der Waals surface area (Å²) >= 11 is 0. The summed E-state index contributed by atoms with van der Waals surface area (Å²) < 4.78 is 6.25. The van der Waals surface area contributed by atoms with Crippen molar-refractivity contribution in [2.24, 2.45) is 0 Å². The van der Waals surface area contributed by atoms with E-state index in [-0.39, 0.29) is 5.43 Å². The van der Waals surface area contributed by atoms with Crippen molar-refractivity contribution in [3.8, 4) is 22.6 Å². The highest BCUT2D eigenvalue weighted by atomic mass is 16.3. The van der Waals surface area contributed by atoms with Crippen LogP contribution >= 0.6 is 0 Å². The molecular weight excluding hydrogens is 332 g/mol. The van der Waals surface area contributed by atoms with Gasteiger partial charge in [-0.3, -0.25) is 4.79 Å². The minimum Gasteiger partial charge on any atom is -0.456 e. The van der Waals surface area contributed by atoms with Crippen LogP contribution in [0.15, 0.2) is 106 Å². The van der Waals surface area contributed by atoms with Crippen molar-refractivity contribution in [1.29, 1.82) is 0 Å². The van der Waals surface area contributed by atoms with Crippen molar-refractivity contribution in [3.05, 3.63) is 107 Å². The molecule has 5 aromatic rings. The minimum atomic E-state index is -0.0629. The molecule has 0 aliphatic carbocycles. The lowest BCUT2D eigenvalue weighted by Crippen LogP contribution is -1.99. The number of rotatable bonds is 2. The molecule has 0 radical (unpaired) electrons. The molecule has 4 aromatic carbocycles. The largest absolute Gasteiger partial charge is 0.456 e. The van der Waals surface area contributed by atoms with E-state index in [0.29, 0.717) is 11.5 Å². The Labute approximate surface area is 156 Å². The van der Waals surface area contributed by atoms with Crippen molar-refractivity contribution in [2.75, 3.05) is 0 Å². The Balaban J connectivity index is 1.88. The average Bonchev–Trinajstić information content (AvgIpc) is 2.72. The maximum atomic E-state index is 12.5. The SMILES string of the molecule is O=c1cc(-c2ccccc2)oc(-c2c3ccccc3cc3ccccc23)c1. The smallest absolute Gasteiger partial charge is 0.186 e. The van der Waals surface area contributed by atoms with Crippen LogP contribution < -0.4 is 5.43 Å². The van der Waals surface area contributed by atoms with Crippen molar-refractivity contribution >= 4 is 21.5 Å². The van der Waals surface area contributed by atoms with Gasteiger partial charge in [-0.25, -0.2) is 0 Å². The summed E-state index contributed by atoms with van der Waals surface area (Å²) in [5.41, 5.74) is 1.78. The first-order chi connectivity index (χ1) is 13.3. The van der Waals surface area contributed by atoms with Crippen LogP contribution in [0.25, 0.3) is 44.2 Å². The second kappa shape index (κ2) is 6.26. The third-order valence-corrected chi connectivity index (χ3v) is 4.84. The van der Waals surface area contributed by atoms with E-state index in [4.69, 9.17) is 4.42 Å². The number of hydrogen-bond acceptors (Lipinski definition) is 2. The van der Waals surface area contributed by atoms with E-state index in [9.17, 15) is 4.79 Å². The molecule has 27 heavy (non-hydrogen) atoms. The molecule has 0 atom stereocenters. The lowest BCUT2D eigenvalue weighted by atomic mass is 9.95. The van der Waals surface area contributed by atoms with Crippen molar-refractivity contribution < 1.29 is 4.42 Å². The molecule has 128 valence electrons. The Morgan fingerprint density at radius 3 is 1.78 bits per heavy atom. The van der Waals surface area contributed by atoms with E-state index in [0.717, 1.165) is 32.7 Å². The van der Waals surface area contributed by atoms with Crippen molar-refractivity contribution in [1.82, 2.24) is 0 Å². The standard InChI is InChI=1S/C25H16O2/c26-20-15-23(17-8-2-1-3-9-17)27-24(16-20)25-21-12-6-4-10-18(21)14-19-11-5-7-13-22(19)25/h1-16H. The van der Waals surface area contributed by atoms with Gasteiger partial charge in [-0.05, 0) is 27.6 Å². The molecular formula is C25H16O2. The fourth-order valence-electron chi connectivity index (χ4n) is 3.62. The molecule has 0 aliphatic heterocycles. The fraction of sp³-hybridized carbons (Fsp3) is 0. The maximum absolute atomic E-state index is 12.5. The molecule has 0 spiro atoms. The van der Waals surface area contributed by atoms with Gasteiger partial charge in [-0.15, -0.1) is 0 Å². The van der Waals surface area contributed by atoms with E-state index < -0.39 is 0 Å². The molecule has 0 N–H and O–H groups in total. The molecule has 0 amide bonds. The average molecular weight is 348 g/mol. The van der Waals surface area contributed by atoms with Gasteiger partial charge in [0.25, 0.3) is 0 Å². The van der Waals surface area contributed by atoms with Gasteiger partial charge in [0.2, 0.25) is 0 Å². The van der Waals surface area contributed by atoms with Crippen LogP contribution in [0.1, 0.15) is 0 Å². The van der Waals surface area contributed by atoms with Gasteiger partial charge in [-0.2, -0.15) is 0 Å². The summed E-state index contributed by atoms with van der Waals surface area (Å²) in [4.78, 5) is 12.5. The summed E-state index contributed by atoms with van der Waals surface area (Å²) in [6.07, 6.45) is 0. The summed E-state index contributed by atoms with van der Waals surface area (Å²) in [6, 6.07) is 31.4. The summed E-state index contributed by atoms with van der Waals surface area (Å²) in [5, 5.41) is 4.40. The third kappa shape index (κ3) is 2.72. The second-order valence-electron chi connectivity index (χ2n) is 6.58. The molecule has 2 heteroatoms. The molecule has 0 unspecified atom stereocenters. The molecule has 5 rings (SSSR count). The molecule has 0 fully saturated rings. The fourth-order valence-corrected chi connectivity index (χ4v) is 3.62. The van der Waals surface area contributed by atoms with E-state index in [2.05, 4.69) is 30.3 Å². The van der Waals surface area contributed by atoms with Gasteiger partial charge in [0.15, 0.2) is 5.43 Å². The number of benzene rings is 4. The van der Waals surface area contributed by atoms with E-state index in [1.54, 1.807) is 12.1 Å². The zero-order valence-electron chi connectivity index (χ0n) is 14.6. The summed E-state index contributed by atoms with van der Waals surface area (Å²) in [7, 11) is 0. The van der Waals surface area contributed by atoms with Gasteiger partial charge in [-0.1, -0.05) is 78.9 Å². The van der Waals surface area contributed by atoms with Crippen LogP contribution in [0.2, 0.25) is 0 Å². The zero-order chi connectivity index (χ0) is 18.2. The lowest BCUT2D eigenvalue weighted by Gasteiger charge is -2.12. The van der Waals surface area contributed by atoms with Crippen LogP contribution in [-0.4, -0.2) is 0 Å². The molecule has 1 aromatic heterocycles. The van der Waals surface area contributed by atoms with Gasteiger partial charge in [0, 0.05) is 23.3 Å². The Morgan fingerprint density at radius 1 is 0.556 bits per heavy atom. The van der Waals surface area contributed by atoms with E-state index >= 15 is 0 Å². The van der Waals surface area contributed by atoms with Gasteiger partial charge in [0.1, 0.15) is 11.5 Å². The molecule has 0 aliphatic rings. The van der Waals surface area contributed by atoms with E-state index in [1.807, 2.05) is 54.6 Å². The number of fused-ring (bicyclic) bond motifs is 2. The van der Waals surface area contributed by atoms with Gasteiger partial charge >= 0.3 is 0 Å². The summed E-state index contributed by atoms with van der Waals surface area (Å²) in [6.45, 7) is 0. The third-order valence-electron chi connectivity index (χ3n) is 4.84. The van der Waals surface area contributed by atoms with Crippen molar-refractivity contribution in [3.63, 3.8) is 0 Å². The highest BCUT2D eigenvalue weighted by Crippen LogP contribution is 2.37. The van der Waals surface area contributed by atoms with Gasteiger partial charge < -0.3 is 4.42 Å². The topological polar surface area (TPSA) is 30.2 Å². The Kier molecular flexibility index (Phi) is 3.61. The van der Waals surface area contributed by atoms with Gasteiger partial charge in [0.05, 0.1) is 0 Å². The van der Waals surface area contributed by atoms with Crippen molar-refractivity contribution in [2.45, 2.75) is 0 Å². The first kappa shape index (κ1) is 15.6. The van der Waals surface area contributed by atoms with Crippen LogP contribution in [0.3, 0.4) is 0 Å². The van der Waals surface area contributed by atoms with E-state index in [1.165, 1.54) is 0 Å². The first-order valence-electron chi connectivity index (χ1n) is 8.91. The predicted molar refractivity (Wildman–Crippen MR) is 111 cm³/mol. The molecule has 2 nitrogen and oxygen atoms in total. The Bertz CT molecular complexity index is 1280.